The van der Waals surface area contributed by atoms with Crippen LogP contribution >= 0.6 is 0 Å². The van der Waals surface area contributed by atoms with Gasteiger partial charge >= 0.3 is 0 Å². The number of amides is 1. The highest BCUT2D eigenvalue weighted by Crippen LogP contribution is 2.22. The molecule has 1 atom stereocenters. The number of non-ortho nitro benzene ring substituents is 1. The number of aromatic nitrogens is 2. The van der Waals surface area contributed by atoms with Gasteiger partial charge in [0.15, 0.2) is 5.69 Å². The second kappa shape index (κ2) is 6.33. The number of fused-ring (bicyclic) bond motifs is 1. The number of likely N-dealkylation sites (tertiary alicyclic amines) is 1. The van der Waals surface area contributed by atoms with Crippen LogP contribution in [-0.2, 0) is 0 Å². The lowest BCUT2D eigenvalue weighted by atomic mass is 10.1. The van der Waals surface area contributed by atoms with Crippen LogP contribution < -0.4 is 5.32 Å². The van der Waals surface area contributed by atoms with Gasteiger partial charge in [-0.2, -0.15) is 5.10 Å². The topological polar surface area (TPSA) is 104 Å². The number of likely N-dealkylation sites (N-methyl/N-ethyl adjacent to an activating group) is 1. The zero-order valence-corrected chi connectivity index (χ0v) is 12.9. The van der Waals surface area contributed by atoms with E-state index in [9.17, 15) is 14.9 Å². The highest BCUT2D eigenvalue weighted by molar-refractivity contribution is 6.05. The Morgan fingerprint density at radius 3 is 3.13 bits per heavy atom. The van der Waals surface area contributed by atoms with Crippen molar-refractivity contribution in [3.8, 4) is 0 Å². The van der Waals surface area contributed by atoms with Gasteiger partial charge in [-0.3, -0.25) is 24.9 Å². The zero-order chi connectivity index (χ0) is 16.4. The number of rotatable bonds is 5. The Hall–Kier alpha value is -2.48. The van der Waals surface area contributed by atoms with E-state index in [2.05, 4.69) is 27.3 Å². The Morgan fingerprint density at radius 2 is 2.39 bits per heavy atom. The van der Waals surface area contributed by atoms with Gasteiger partial charge in [-0.05, 0) is 32.0 Å². The summed E-state index contributed by atoms with van der Waals surface area (Å²) in [6.07, 6.45) is 2.22. The smallest absolute Gasteiger partial charge is 0.272 e. The van der Waals surface area contributed by atoms with E-state index in [-0.39, 0.29) is 17.3 Å². The van der Waals surface area contributed by atoms with E-state index in [1.807, 2.05) is 0 Å². The first kappa shape index (κ1) is 15.4. The van der Waals surface area contributed by atoms with Crippen molar-refractivity contribution in [3.05, 3.63) is 34.0 Å². The lowest BCUT2D eigenvalue weighted by Gasteiger charge is -2.22. The third-order valence-electron chi connectivity index (χ3n) is 4.38. The number of nitro groups is 1. The maximum atomic E-state index is 12.4. The number of carbonyl (C=O) groups is 1. The lowest BCUT2D eigenvalue weighted by molar-refractivity contribution is -0.384. The molecule has 1 amide bonds. The number of H-pyrrole nitrogens is 1. The highest BCUT2D eigenvalue weighted by Gasteiger charge is 2.24. The lowest BCUT2D eigenvalue weighted by Crippen LogP contribution is -2.40. The van der Waals surface area contributed by atoms with Crippen LogP contribution in [0, 0.1) is 10.1 Å². The van der Waals surface area contributed by atoms with Crippen LogP contribution in [0.5, 0.6) is 0 Å². The minimum absolute atomic E-state index is 0.0547. The van der Waals surface area contributed by atoms with Crippen molar-refractivity contribution in [2.24, 2.45) is 0 Å². The minimum Gasteiger partial charge on any atom is -0.349 e. The molecule has 2 N–H and O–H groups in total. The Morgan fingerprint density at radius 1 is 1.57 bits per heavy atom. The van der Waals surface area contributed by atoms with Gasteiger partial charge < -0.3 is 5.32 Å². The summed E-state index contributed by atoms with van der Waals surface area (Å²) >= 11 is 0. The third-order valence-corrected chi connectivity index (χ3v) is 4.38. The number of nitro benzene ring substituents is 1. The van der Waals surface area contributed by atoms with Crippen LogP contribution in [0.4, 0.5) is 5.69 Å². The number of aromatic amines is 1. The van der Waals surface area contributed by atoms with Crippen LogP contribution in [-0.4, -0.2) is 51.6 Å². The molecule has 8 nitrogen and oxygen atoms in total. The molecule has 0 saturated carbocycles. The molecule has 0 spiro atoms. The number of carbonyl (C=O) groups excluding carboxylic acids is 1. The van der Waals surface area contributed by atoms with E-state index in [0.717, 1.165) is 25.9 Å². The molecule has 1 aromatic carbocycles. The van der Waals surface area contributed by atoms with Gasteiger partial charge in [-0.15, -0.1) is 0 Å². The molecule has 1 aliphatic rings. The van der Waals surface area contributed by atoms with Crippen LogP contribution in [0.15, 0.2) is 18.2 Å². The molecule has 23 heavy (non-hydrogen) atoms. The average Bonchev–Trinajstić information content (AvgIpc) is 3.18. The van der Waals surface area contributed by atoms with E-state index >= 15 is 0 Å². The van der Waals surface area contributed by atoms with Gasteiger partial charge in [-0.25, -0.2) is 0 Å². The number of hydrogen-bond acceptors (Lipinski definition) is 5. The van der Waals surface area contributed by atoms with Crippen LogP contribution in [0.25, 0.3) is 10.9 Å². The molecular weight excluding hydrogens is 298 g/mol. The minimum atomic E-state index is -0.480. The molecule has 3 rings (SSSR count). The van der Waals surface area contributed by atoms with E-state index in [1.54, 1.807) is 6.07 Å². The predicted molar refractivity (Wildman–Crippen MR) is 85.4 cm³/mol. The second-order valence-corrected chi connectivity index (χ2v) is 5.69. The van der Waals surface area contributed by atoms with E-state index in [1.165, 1.54) is 12.1 Å². The Balaban J connectivity index is 1.75. The number of hydrogen-bond donors (Lipinski definition) is 2. The summed E-state index contributed by atoms with van der Waals surface area (Å²) in [7, 11) is 0. The summed E-state index contributed by atoms with van der Waals surface area (Å²) in [5, 5.41) is 21.0. The van der Waals surface area contributed by atoms with Crippen molar-refractivity contribution in [3.63, 3.8) is 0 Å². The van der Waals surface area contributed by atoms with Crippen LogP contribution in [0.1, 0.15) is 30.3 Å². The summed E-state index contributed by atoms with van der Waals surface area (Å²) in [6, 6.07) is 4.68. The van der Waals surface area contributed by atoms with Crippen LogP contribution in [0.3, 0.4) is 0 Å². The van der Waals surface area contributed by atoms with Gasteiger partial charge in [0, 0.05) is 30.1 Å². The number of nitrogens with zero attached hydrogens (tertiary/aromatic N) is 3. The molecule has 8 heteroatoms. The molecule has 1 aromatic heterocycles. The molecule has 0 aliphatic carbocycles. The molecule has 2 aromatic rings. The van der Waals surface area contributed by atoms with Crippen molar-refractivity contribution in [1.29, 1.82) is 0 Å². The zero-order valence-electron chi connectivity index (χ0n) is 12.9. The standard InChI is InChI=1S/C15H19N5O3/c1-2-19-7-3-4-11(19)9-16-15(21)14-12-8-10(20(22)23)5-6-13(12)17-18-14/h5-6,8,11H,2-4,7,9H2,1H3,(H,16,21)(H,17,18)/t11-/m1/s1. The highest BCUT2D eigenvalue weighted by atomic mass is 16.6. The summed E-state index contributed by atoms with van der Waals surface area (Å²) in [5.41, 5.74) is 0.752. The summed E-state index contributed by atoms with van der Waals surface area (Å²) in [4.78, 5) is 25.1. The van der Waals surface area contributed by atoms with Crippen molar-refractivity contribution < 1.29 is 9.72 Å². The van der Waals surface area contributed by atoms with Gasteiger partial charge in [0.25, 0.3) is 11.6 Å². The first-order chi connectivity index (χ1) is 11.1. The van der Waals surface area contributed by atoms with Crippen molar-refractivity contribution in [2.45, 2.75) is 25.8 Å². The molecular formula is C15H19N5O3. The van der Waals surface area contributed by atoms with Gasteiger partial charge in [0.05, 0.1) is 10.4 Å². The largest absolute Gasteiger partial charge is 0.349 e. The molecule has 0 radical (unpaired) electrons. The van der Waals surface area contributed by atoms with E-state index in [4.69, 9.17) is 0 Å². The summed E-state index contributed by atoms with van der Waals surface area (Å²) in [5.74, 6) is -0.306. The normalized spacial score (nSPS) is 18.4. The third kappa shape index (κ3) is 3.02. The van der Waals surface area contributed by atoms with Crippen molar-refractivity contribution in [1.82, 2.24) is 20.4 Å². The fraction of sp³-hybridized carbons (Fsp3) is 0.467. The van der Waals surface area contributed by atoms with Gasteiger partial charge in [0.2, 0.25) is 0 Å². The first-order valence-electron chi connectivity index (χ1n) is 7.75. The van der Waals surface area contributed by atoms with Crippen LogP contribution in [0.2, 0.25) is 0 Å². The molecule has 0 bridgehead atoms. The number of benzene rings is 1. The molecule has 1 saturated heterocycles. The van der Waals surface area contributed by atoms with Crippen molar-refractivity contribution in [2.75, 3.05) is 19.6 Å². The SMILES string of the molecule is CCN1CCC[C@@H]1CNC(=O)c1n[nH]c2ccc([N+](=O)[O-])cc12. The predicted octanol–water partition coefficient (Wildman–Crippen LogP) is 1.69. The second-order valence-electron chi connectivity index (χ2n) is 5.69. The first-order valence-corrected chi connectivity index (χ1v) is 7.75. The molecule has 1 aliphatic heterocycles. The van der Waals surface area contributed by atoms with E-state index in [0.29, 0.717) is 23.5 Å². The summed E-state index contributed by atoms with van der Waals surface area (Å²) in [6.45, 7) is 4.71. The van der Waals surface area contributed by atoms with Gasteiger partial charge in [0.1, 0.15) is 0 Å². The average molecular weight is 317 g/mol. The van der Waals surface area contributed by atoms with Gasteiger partial charge in [-0.1, -0.05) is 6.92 Å². The molecule has 1 fully saturated rings. The Labute approximate surface area is 133 Å². The quantitative estimate of drug-likeness (QED) is 0.645. The fourth-order valence-electron chi connectivity index (χ4n) is 3.13. The molecule has 0 unspecified atom stereocenters. The maximum Gasteiger partial charge on any atom is 0.272 e. The fourth-order valence-corrected chi connectivity index (χ4v) is 3.13. The Kier molecular flexibility index (Phi) is 4.24. The van der Waals surface area contributed by atoms with E-state index < -0.39 is 4.92 Å². The monoisotopic (exact) mass is 317 g/mol. The maximum absolute atomic E-state index is 12.4. The Bertz CT molecular complexity index is 742. The molecule has 122 valence electrons. The van der Waals surface area contributed by atoms with Crippen molar-refractivity contribution >= 4 is 22.5 Å². The molecule has 2 heterocycles. The summed E-state index contributed by atoms with van der Waals surface area (Å²) < 4.78 is 0. The number of nitrogens with one attached hydrogen (secondary N) is 2.